The second kappa shape index (κ2) is 11.7. The first kappa shape index (κ1) is 23.1. The number of ether oxygens (including phenoxy) is 2. The minimum absolute atomic E-state index is 0. The van der Waals surface area contributed by atoms with Gasteiger partial charge in [0.1, 0.15) is 12.7 Å². The van der Waals surface area contributed by atoms with E-state index in [0.29, 0.717) is 18.0 Å². The third-order valence-electron chi connectivity index (χ3n) is 5.00. The Bertz CT molecular complexity index is 749. The van der Waals surface area contributed by atoms with Crippen LogP contribution in [0.3, 0.4) is 0 Å². The zero-order valence-electron chi connectivity index (χ0n) is 17.0. The molecule has 1 N–H and O–H groups in total. The Morgan fingerprint density at radius 2 is 1.79 bits per heavy atom. The summed E-state index contributed by atoms with van der Waals surface area (Å²) in [6.07, 6.45) is 2.10. The van der Waals surface area contributed by atoms with Crippen LogP contribution >= 0.6 is 0 Å². The minimum atomic E-state index is -0.541. The van der Waals surface area contributed by atoms with Gasteiger partial charge in [0, 0.05) is 38.4 Å². The van der Waals surface area contributed by atoms with Crippen LogP contribution in [0.15, 0.2) is 61.2 Å². The Balaban J connectivity index is 0.00000300. The molecule has 5 nitrogen and oxygen atoms in total. The quantitative estimate of drug-likeness (QED) is 0.581. The first-order valence-corrected chi connectivity index (χ1v) is 9.80. The van der Waals surface area contributed by atoms with Crippen molar-refractivity contribution in [3.05, 3.63) is 66.7 Å². The number of allylic oxidation sites excluding steroid dienone is 1. The molecule has 0 amide bonds. The van der Waals surface area contributed by atoms with E-state index >= 15 is 0 Å². The summed E-state index contributed by atoms with van der Waals surface area (Å²) in [7, 11) is 1.63. The Morgan fingerprint density at radius 3 is 2.45 bits per heavy atom. The van der Waals surface area contributed by atoms with Gasteiger partial charge in [0.15, 0.2) is 11.5 Å². The Morgan fingerprint density at radius 1 is 1.07 bits per heavy atom. The van der Waals surface area contributed by atoms with Crippen LogP contribution in [0.5, 0.6) is 11.5 Å². The molecule has 158 valence electrons. The predicted octanol–water partition coefficient (Wildman–Crippen LogP) is -0.0104. The number of hydrogen-bond acceptors (Lipinski definition) is 5. The Kier molecular flexibility index (Phi) is 9.32. The lowest BCUT2D eigenvalue weighted by Gasteiger charge is -2.36. The van der Waals surface area contributed by atoms with Crippen molar-refractivity contribution in [2.75, 3.05) is 51.3 Å². The van der Waals surface area contributed by atoms with Crippen LogP contribution in [0.25, 0.3) is 0 Å². The maximum atomic E-state index is 10.4. The maximum Gasteiger partial charge on any atom is 0.161 e. The van der Waals surface area contributed by atoms with Gasteiger partial charge in [0.2, 0.25) is 0 Å². The van der Waals surface area contributed by atoms with Crippen molar-refractivity contribution in [2.45, 2.75) is 12.5 Å². The standard InChI is InChI=1S/C23H30N2O3.ClH/c1-3-7-19-10-11-22(23(16-19)27-2)28-18-21(26)17-24-12-14-25(15-13-24)20-8-5-4-6-9-20;/h3-6,8-11,16,21,26H,1,7,12-15,17-18H2,2H3;1H/p-1. The monoisotopic (exact) mass is 417 g/mol. The number of anilines is 1. The van der Waals surface area contributed by atoms with E-state index in [2.05, 4.69) is 40.6 Å². The molecule has 1 unspecified atom stereocenters. The molecule has 0 aliphatic carbocycles. The van der Waals surface area contributed by atoms with Gasteiger partial charge >= 0.3 is 0 Å². The summed E-state index contributed by atoms with van der Waals surface area (Å²) in [4.78, 5) is 4.67. The topological polar surface area (TPSA) is 45.2 Å². The highest BCUT2D eigenvalue weighted by molar-refractivity contribution is 5.46. The number of methoxy groups -OCH3 is 1. The SMILES string of the molecule is C=CCc1ccc(OCC(O)CN2CCN(c3ccccc3)CC2)c(OC)c1.[Cl-]. The Hall–Kier alpha value is -2.21. The molecule has 2 aromatic carbocycles. The van der Waals surface area contributed by atoms with Gasteiger partial charge in [-0.3, -0.25) is 4.90 Å². The molecule has 1 aliphatic heterocycles. The van der Waals surface area contributed by atoms with Gasteiger partial charge < -0.3 is 31.9 Å². The summed E-state index contributed by atoms with van der Waals surface area (Å²) in [5.74, 6) is 1.34. The van der Waals surface area contributed by atoms with Crippen LogP contribution in [0, 0.1) is 0 Å². The molecular weight excluding hydrogens is 388 g/mol. The molecular formula is C23H30ClN2O3-. The van der Waals surface area contributed by atoms with E-state index in [4.69, 9.17) is 9.47 Å². The van der Waals surface area contributed by atoms with Crippen LogP contribution in [0.2, 0.25) is 0 Å². The zero-order chi connectivity index (χ0) is 19.8. The fourth-order valence-corrected chi connectivity index (χ4v) is 3.49. The summed E-state index contributed by atoms with van der Waals surface area (Å²) < 4.78 is 11.2. The molecule has 1 heterocycles. The van der Waals surface area contributed by atoms with Gasteiger partial charge in [-0.25, -0.2) is 0 Å². The highest BCUT2D eigenvalue weighted by atomic mass is 35.5. The van der Waals surface area contributed by atoms with E-state index in [1.807, 2.05) is 30.3 Å². The summed E-state index contributed by atoms with van der Waals surface area (Å²) in [5, 5.41) is 10.4. The number of hydrogen-bond donors (Lipinski definition) is 1. The van der Waals surface area contributed by atoms with E-state index in [1.54, 1.807) is 7.11 Å². The number of β-amino-alcohol motifs (C(OH)–C–C–N with tert-alkyl or cyclic N) is 1. The van der Waals surface area contributed by atoms with E-state index in [1.165, 1.54) is 5.69 Å². The number of piperazine rings is 1. The molecule has 6 heteroatoms. The molecule has 1 aliphatic rings. The number of benzene rings is 2. The lowest BCUT2D eigenvalue weighted by molar-refractivity contribution is -0.00000834. The lowest BCUT2D eigenvalue weighted by Crippen LogP contribution is -3.00. The van der Waals surface area contributed by atoms with Crippen molar-refractivity contribution in [2.24, 2.45) is 0 Å². The first-order chi connectivity index (χ1) is 13.7. The van der Waals surface area contributed by atoms with E-state index < -0.39 is 6.10 Å². The molecule has 0 bridgehead atoms. The second-order valence-corrected chi connectivity index (χ2v) is 7.07. The normalized spacial score (nSPS) is 15.3. The number of halogens is 1. The van der Waals surface area contributed by atoms with E-state index in [-0.39, 0.29) is 19.0 Å². The first-order valence-electron chi connectivity index (χ1n) is 9.80. The molecule has 29 heavy (non-hydrogen) atoms. The third kappa shape index (κ3) is 6.67. The molecule has 1 fully saturated rings. The number of aliphatic hydroxyl groups excluding tert-OH is 1. The average Bonchev–Trinajstić information content (AvgIpc) is 2.74. The van der Waals surface area contributed by atoms with E-state index in [0.717, 1.165) is 38.2 Å². The summed E-state index contributed by atoms with van der Waals surface area (Å²) in [6, 6.07) is 16.3. The van der Waals surface area contributed by atoms with Gasteiger partial charge in [-0.15, -0.1) is 6.58 Å². The molecule has 0 radical (unpaired) electrons. The minimum Gasteiger partial charge on any atom is -1.00 e. The van der Waals surface area contributed by atoms with Gasteiger partial charge in [0.25, 0.3) is 0 Å². The van der Waals surface area contributed by atoms with Crippen LogP contribution in [0.4, 0.5) is 5.69 Å². The van der Waals surface area contributed by atoms with Gasteiger partial charge in [-0.05, 0) is 36.2 Å². The molecule has 0 aromatic heterocycles. The van der Waals surface area contributed by atoms with Crippen molar-refractivity contribution >= 4 is 5.69 Å². The highest BCUT2D eigenvalue weighted by Crippen LogP contribution is 2.28. The molecule has 1 atom stereocenters. The van der Waals surface area contributed by atoms with Crippen molar-refractivity contribution < 1.29 is 27.0 Å². The summed E-state index contributed by atoms with van der Waals surface area (Å²) >= 11 is 0. The molecule has 0 saturated carbocycles. The van der Waals surface area contributed by atoms with E-state index in [9.17, 15) is 5.11 Å². The maximum absolute atomic E-state index is 10.4. The van der Waals surface area contributed by atoms with Gasteiger partial charge in [-0.2, -0.15) is 0 Å². The van der Waals surface area contributed by atoms with Crippen molar-refractivity contribution in [3.8, 4) is 11.5 Å². The molecule has 3 rings (SSSR count). The predicted molar refractivity (Wildman–Crippen MR) is 113 cm³/mol. The average molecular weight is 418 g/mol. The second-order valence-electron chi connectivity index (χ2n) is 7.07. The van der Waals surface area contributed by atoms with Gasteiger partial charge in [-0.1, -0.05) is 30.3 Å². The van der Waals surface area contributed by atoms with Crippen LogP contribution in [0.1, 0.15) is 5.56 Å². The number of nitrogens with zero attached hydrogens (tertiary/aromatic N) is 2. The van der Waals surface area contributed by atoms with Crippen molar-refractivity contribution in [3.63, 3.8) is 0 Å². The van der Waals surface area contributed by atoms with Crippen molar-refractivity contribution in [1.82, 2.24) is 4.90 Å². The summed E-state index contributed by atoms with van der Waals surface area (Å²) in [5.41, 5.74) is 2.38. The molecule has 2 aromatic rings. The molecule has 1 saturated heterocycles. The van der Waals surface area contributed by atoms with Gasteiger partial charge in [0.05, 0.1) is 7.11 Å². The number of rotatable bonds is 9. The highest BCUT2D eigenvalue weighted by Gasteiger charge is 2.20. The zero-order valence-corrected chi connectivity index (χ0v) is 17.7. The third-order valence-corrected chi connectivity index (χ3v) is 5.00. The smallest absolute Gasteiger partial charge is 0.161 e. The Labute approximate surface area is 180 Å². The van der Waals surface area contributed by atoms with Crippen LogP contribution < -0.4 is 26.8 Å². The fraction of sp³-hybridized carbons (Fsp3) is 0.391. The number of para-hydroxylation sites is 1. The van der Waals surface area contributed by atoms with Crippen molar-refractivity contribution in [1.29, 1.82) is 0 Å². The largest absolute Gasteiger partial charge is 1.00 e. The lowest BCUT2D eigenvalue weighted by atomic mass is 10.1. The number of aliphatic hydroxyl groups is 1. The summed E-state index contributed by atoms with van der Waals surface area (Å²) in [6.45, 7) is 8.42. The molecule has 0 spiro atoms. The van der Waals surface area contributed by atoms with Crippen LogP contribution in [-0.4, -0.2) is 62.6 Å². The fourth-order valence-electron chi connectivity index (χ4n) is 3.49. The van der Waals surface area contributed by atoms with Crippen LogP contribution in [-0.2, 0) is 6.42 Å².